The zero-order valence-electron chi connectivity index (χ0n) is 13.4. The van der Waals surface area contributed by atoms with Crippen molar-refractivity contribution in [1.82, 2.24) is 0 Å². The van der Waals surface area contributed by atoms with Gasteiger partial charge < -0.3 is 9.47 Å². The van der Waals surface area contributed by atoms with E-state index in [0.717, 1.165) is 6.42 Å². The van der Waals surface area contributed by atoms with Gasteiger partial charge in [0.15, 0.2) is 0 Å². The summed E-state index contributed by atoms with van der Waals surface area (Å²) in [4.78, 5) is 24.5. The molecule has 1 heterocycles. The van der Waals surface area contributed by atoms with Gasteiger partial charge in [0.05, 0.1) is 29.4 Å². The van der Waals surface area contributed by atoms with Crippen LogP contribution >= 0.6 is 0 Å². The minimum absolute atomic E-state index is 0.0303. The van der Waals surface area contributed by atoms with Crippen molar-refractivity contribution < 1.29 is 19.1 Å². The van der Waals surface area contributed by atoms with Crippen LogP contribution in [-0.2, 0) is 19.1 Å². The molecule has 5 atom stereocenters. The van der Waals surface area contributed by atoms with Gasteiger partial charge in [0.1, 0.15) is 6.10 Å². The Morgan fingerprint density at radius 1 is 1.50 bits per heavy atom. The summed E-state index contributed by atoms with van der Waals surface area (Å²) >= 11 is 0. The first-order chi connectivity index (χ1) is 10.4. The first-order valence-corrected chi connectivity index (χ1v) is 8.14. The van der Waals surface area contributed by atoms with Crippen LogP contribution in [0.1, 0.15) is 46.5 Å². The molecule has 3 rings (SSSR count). The largest absolute Gasteiger partial charge is 0.465 e. The second kappa shape index (κ2) is 4.97. The molecule has 5 heteroatoms. The van der Waals surface area contributed by atoms with Crippen LogP contribution in [0.4, 0.5) is 0 Å². The predicted octanol–water partition coefficient (Wildman–Crippen LogP) is 2.45. The van der Waals surface area contributed by atoms with Crippen molar-refractivity contribution in [2.24, 2.45) is 28.6 Å². The van der Waals surface area contributed by atoms with E-state index in [2.05, 4.69) is 6.07 Å². The van der Waals surface area contributed by atoms with E-state index in [1.54, 1.807) is 0 Å². The Labute approximate surface area is 131 Å². The lowest BCUT2D eigenvalue weighted by molar-refractivity contribution is -0.166. The second-order valence-corrected chi connectivity index (χ2v) is 7.55. The topological polar surface area (TPSA) is 76.4 Å². The van der Waals surface area contributed by atoms with Crippen molar-refractivity contribution >= 4 is 11.9 Å². The molecule has 0 aromatic carbocycles. The van der Waals surface area contributed by atoms with E-state index >= 15 is 0 Å². The third-order valence-electron chi connectivity index (χ3n) is 6.23. The Morgan fingerprint density at radius 3 is 2.77 bits per heavy atom. The van der Waals surface area contributed by atoms with E-state index in [4.69, 9.17) is 9.47 Å². The van der Waals surface area contributed by atoms with Gasteiger partial charge >= 0.3 is 11.9 Å². The van der Waals surface area contributed by atoms with E-state index in [0.29, 0.717) is 25.9 Å². The summed E-state index contributed by atoms with van der Waals surface area (Å²) in [6.07, 6.45) is 2.59. The maximum absolute atomic E-state index is 12.3. The van der Waals surface area contributed by atoms with Crippen molar-refractivity contribution in [3.05, 3.63) is 0 Å². The Morgan fingerprint density at radius 2 is 2.23 bits per heavy atom. The van der Waals surface area contributed by atoms with Crippen LogP contribution in [-0.4, -0.2) is 24.6 Å². The Balaban J connectivity index is 1.78. The van der Waals surface area contributed by atoms with Gasteiger partial charge in [0, 0.05) is 5.92 Å². The summed E-state index contributed by atoms with van der Waals surface area (Å²) in [7, 11) is 0. The highest BCUT2D eigenvalue weighted by molar-refractivity contribution is 5.81. The highest BCUT2D eigenvalue weighted by Gasteiger charge is 2.68. The Hall–Kier alpha value is -1.57. The van der Waals surface area contributed by atoms with Gasteiger partial charge in [0.25, 0.3) is 0 Å². The smallest absolute Gasteiger partial charge is 0.313 e. The normalized spacial score (nSPS) is 39.8. The number of hydrogen-bond donors (Lipinski definition) is 0. The average Bonchev–Trinajstić information content (AvgIpc) is 3.14. The van der Waals surface area contributed by atoms with Gasteiger partial charge in [-0.1, -0.05) is 6.92 Å². The molecule has 1 spiro atoms. The number of nitriles is 1. The summed E-state index contributed by atoms with van der Waals surface area (Å²) < 4.78 is 10.9. The van der Waals surface area contributed by atoms with Crippen LogP contribution in [0.25, 0.3) is 0 Å². The second-order valence-electron chi connectivity index (χ2n) is 7.55. The molecule has 1 aliphatic heterocycles. The van der Waals surface area contributed by atoms with Gasteiger partial charge in [-0.3, -0.25) is 9.59 Å². The van der Waals surface area contributed by atoms with Crippen LogP contribution in [0.3, 0.4) is 0 Å². The van der Waals surface area contributed by atoms with Crippen molar-refractivity contribution in [1.29, 1.82) is 5.26 Å². The first kappa shape index (κ1) is 15.3. The third-order valence-corrected chi connectivity index (χ3v) is 6.23. The molecule has 2 saturated carbocycles. The van der Waals surface area contributed by atoms with Crippen molar-refractivity contribution in [2.75, 3.05) is 6.61 Å². The number of nitrogens with zero attached hydrogens (tertiary/aromatic N) is 1. The number of carbonyl (C=O) groups is 2. The zero-order chi connectivity index (χ0) is 16.1. The molecule has 0 amide bonds. The summed E-state index contributed by atoms with van der Waals surface area (Å²) in [6, 6.07) is 2.32. The summed E-state index contributed by atoms with van der Waals surface area (Å²) in [5.74, 6) is -0.724. The van der Waals surface area contributed by atoms with Crippen LogP contribution in [0.5, 0.6) is 0 Å². The zero-order valence-corrected chi connectivity index (χ0v) is 13.4. The molecule has 3 fully saturated rings. The Kier molecular flexibility index (Phi) is 3.47. The number of fused-ring (bicyclic) bond motifs is 3. The fourth-order valence-electron chi connectivity index (χ4n) is 4.43. The summed E-state index contributed by atoms with van der Waals surface area (Å²) in [5.41, 5.74) is -1.14. The van der Waals surface area contributed by atoms with Crippen molar-refractivity contribution in [3.63, 3.8) is 0 Å². The highest BCUT2D eigenvalue weighted by atomic mass is 16.5. The van der Waals surface area contributed by atoms with E-state index in [9.17, 15) is 14.9 Å². The summed E-state index contributed by atoms with van der Waals surface area (Å²) in [6.45, 7) is 6.12. The van der Waals surface area contributed by atoms with Gasteiger partial charge in [-0.25, -0.2) is 0 Å². The fraction of sp³-hybridized carbons (Fsp3) is 0.824. The van der Waals surface area contributed by atoms with Crippen LogP contribution in [0.15, 0.2) is 0 Å². The number of hydrogen-bond acceptors (Lipinski definition) is 5. The molecule has 0 aromatic heterocycles. The highest BCUT2D eigenvalue weighted by Crippen LogP contribution is 2.63. The van der Waals surface area contributed by atoms with E-state index in [1.165, 1.54) is 0 Å². The Bertz CT molecular complexity index is 549. The first-order valence-electron chi connectivity index (χ1n) is 8.14. The van der Waals surface area contributed by atoms with Crippen LogP contribution in [0, 0.1) is 39.9 Å². The van der Waals surface area contributed by atoms with Crippen molar-refractivity contribution in [2.45, 2.75) is 52.6 Å². The molecule has 5 nitrogen and oxygen atoms in total. The van der Waals surface area contributed by atoms with Gasteiger partial charge in [-0.05, 0) is 45.4 Å². The molecule has 2 aliphatic carbocycles. The minimum Gasteiger partial charge on any atom is -0.465 e. The monoisotopic (exact) mass is 305 g/mol. The molecule has 0 radical (unpaired) electrons. The van der Waals surface area contributed by atoms with Crippen molar-refractivity contribution in [3.8, 4) is 6.07 Å². The number of carbonyl (C=O) groups excluding carboxylic acids is 2. The minimum atomic E-state index is -0.636. The van der Waals surface area contributed by atoms with Gasteiger partial charge in [-0.2, -0.15) is 5.26 Å². The maximum atomic E-state index is 12.3. The lowest BCUT2D eigenvalue weighted by Crippen LogP contribution is -2.45. The van der Waals surface area contributed by atoms with Crippen LogP contribution in [0.2, 0.25) is 0 Å². The molecule has 2 bridgehead atoms. The molecule has 22 heavy (non-hydrogen) atoms. The molecule has 3 aliphatic rings. The quantitative estimate of drug-likeness (QED) is 0.749. The maximum Gasteiger partial charge on any atom is 0.313 e. The summed E-state index contributed by atoms with van der Waals surface area (Å²) in [5, 5.41) is 9.59. The standard InChI is InChI=1S/C17H23NO4/c1-4-16(2,3)14(19)22-13-8-10-7-11(13)12(9-18)17(10)5-6-21-15(17)20/h10-13H,4-8H2,1-3H3. The number of cyclic esters (lactones) is 1. The van der Waals surface area contributed by atoms with Gasteiger partial charge in [0.2, 0.25) is 0 Å². The van der Waals surface area contributed by atoms with E-state index in [1.807, 2.05) is 20.8 Å². The van der Waals surface area contributed by atoms with E-state index < -0.39 is 10.8 Å². The molecule has 5 unspecified atom stereocenters. The van der Waals surface area contributed by atoms with Crippen LogP contribution < -0.4 is 0 Å². The SMILES string of the molecule is CCC(C)(C)C(=O)OC1CC2CC1C(C#N)C21CCOC1=O. The predicted molar refractivity (Wildman–Crippen MR) is 77.3 cm³/mol. The van der Waals surface area contributed by atoms with E-state index in [-0.39, 0.29) is 35.8 Å². The molecular formula is C17H23NO4. The molecule has 0 aromatic rings. The molecule has 0 N–H and O–H groups in total. The average molecular weight is 305 g/mol. The molecular weight excluding hydrogens is 282 g/mol. The number of esters is 2. The molecule has 120 valence electrons. The number of ether oxygens (including phenoxy) is 2. The lowest BCUT2D eigenvalue weighted by Gasteiger charge is -2.37. The third kappa shape index (κ3) is 1.89. The lowest BCUT2D eigenvalue weighted by atomic mass is 9.65. The molecule has 1 saturated heterocycles. The fourth-order valence-corrected chi connectivity index (χ4v) is 4.43. The van der Waals surface area contributed by atoms with Gasteiger partial charge in [-0.15, -0.1) is 0 Å². The number of rotatable bonds is 3.